The van der Waals surface area contributed by atoms with Crippen LogP contribution in [0.3, 0.4) is 0 Å². The average Bonchev–Trinajstić information content (AvgIpc) is 2.56. The zero-order chi connectivity index (χ0) is 9.47. The van der Waals surface area contributed by atoms with E-state index in [0.29, 0.717) is 0 Å². The summed E-state index contributed by atoms with van der Waals surface area (Å²) in [5, 5.41) is -0.153. The highest BCUT2D eigenvalue weighted by molar-refractivity contribution is 7.90. The molecule has 3 N–H and O–H groups in total. The van der Waals surface area contributed by atoms with Crippen LogP contribution in [0, 0.1) is 0 Å². The van der Waals surface area contributed by atoms with E-state index in [1.54, 1.807) is 0 Å². The molecule has 0 spiro atoms. The highest BCUT2D eigenvalue weighted by Crippen LogP contribution is 2.27. The van der Waals surface area contributed by atoms with Crippen LogP contribution in [0.4, 0.5) is 0 Å². The third-order valence-electron chi connectivity index (χ3n) is 2.90. The van der Waals surface area contributed by atoms with Crippen LogP contribution in [0.5, 0.6) is 0 Å². The summed E-state index contributed by atoms with van der Waals surface area (Å²) in [6.45, 7) is 0. The largest absolute Gasteiger partial charge is 0.326 e. The van der Waals surface area contributed by atoms with E-state index in [-0.39, 0.29) is 17.3 Å². The van der Waals surface area contributed by atoms with E-state index < -0.39 is 10.0 Å². The van der Waals surface area contributed by atoms with Gasteiger partial charge in [0.05, 0.1) is 5.25 Å². The van der Waals surface area contributed by atoms with Gasteiger partial charge in [-0.05, 0) is 19.3 Å². The second-order valence-electron chi connectivity index (χ2n) is 4.08. The van der Waals surface area contributed by atoms with Gasteiger partial charge in [0.2, 0.25) is 10.0 Å². The lowest BCUT2D eigenvalue weighted by Crippen LogP contribution is -2.36. The van der Waals surface area contributed by atoms with Crippen LogP contribution >= 0.6 is 0 Å². The zero-order valence-corrected chi connectivity index (χ0v) is 8.39. The third-order valence-corrected chi connectivity index (χ3v) is 4.88. The lowest BCUT2D eigenvalue weighted by molar-refractivity contribution is 0.563. The summed E-state index contributed by atoms with van der Waals surface area (Å²) in [5.74, 6) is 0. The Balaban J connectivity index is 1.94. The molecule has 0 aromatic carbocycles. The maximum absolute atomic E-state index is 11.7. The molecule has 2 rings (SSSR count). The highest BCUT2D eigenvalue weighted by atomic mass is 32.2. The Labute approximate surface area is 78.9 Å². The van der Waals surface area contributed by atoms with Crippen molar-refractivity contribution in [2.45, 2.75) is 49.4 Å². The monoisotopic (exact) mass is 204 g/mol. The molecule has 0 saturated heterocycles. The number of sulfonamides is 1. The molecule has 2 aliphatic carbocycles. The summed E-state index contributed by atoms with van der Waals surface area (Å²) in [6, 6.07) is 0.0711. The van der Waals surface area contributed by atoms with Crippen molar-refractivity contribution in [2.24, 2.45) is 5.73 Å². The summed E-state index contributed by atoms with van der Waals surface area (Å²) < 4.78 is 26.0. The molecule has 0 aromatic heterocycles. The summed E-state index contributed by atoms with van der Waals surface area (Å²) in [4.78, 5) is 0. The molecule has 2 saturated carbocycles. The van der Waals surface area contributed by atoms with E-state index in [4.69, 9.17) is 5.73 Å². The predicted molar refractivity (Wildman–Crippen MR) is 50.7 cm³/mol. The molecule has 0 aliphatic heterocycles. The molecule has 2 aliphatic rings. The van der Waals surface area contributed by atoms with Crippen molar-refractivity contribution in [3.05, 3.63) is 0 Å². The molecule has 76 valence electrons. The maximum atomic E-state index is 11.7. The fourth-order valence-electron chi connectivity index (χ4n) is 1.86. The minimum Gasteiger partial charge on any atom is -0.326 e. The van der Waals surface area contributed by atoms with Gasteiger partial charge in [0.1, 0.15) is 0 Å². The second kappa shape index (κ2) is 3.22. The number of hydrogen-bond donors (Lipinski definition) is 2. The van der Waals surface area contributed by atoms with E-state index in [0.717, 1.165) is 32.1 Å². The SMILES string of the molecule is NC1CC1NS(=O)(=O)C1CCCC1. The van der Waals surface area contributed by atoms with Gasteiger partial charge in [-0.2, -0.15) is 0 Å². The molecular weight excluding hydrogens is 188 g/mol. The van der Waals surface area contributed by atoms with Crippen molar-refractivity contribution in [1.29, 1.82) is 0 Å². The van der Waals surface area contributed by atoms with Crippen molar-refractivity contribution in [1.82, 2.24) is 4.72 Å². The highest BCUT2D eigenvalue weighted by Gasteiger charge is 2.39. The zero-order valence-electron chi connectivity index (χ0n) is 7.57. The van der Waals surface area contributed by atoms with Crippen LogP contribution < -0.4 is 10.5 Å². The van der Waals surface area contributed by atoms with Crippen LogP contribution in [-0.2, 0) is 10.0 Å². The topological polar surface area (TPSA) is 72.2 Å². The minimum absolute atomic E-state index is 0.0191. The number of nitrogens with one attached hydrogen (secondary N) is 1. The van der Waals surface area contributed by atoms with Gasteiger partial charge in [-0.1, -0.05) is 12.8 Å². The second-order valence-corrected chi connectivity index (χ2v) is 6.07. The van der Waals surface area contributed by atoms with E-state index in [1.165, 1.54) is 0 Å². The summed E-state index contributed by atoms with van der Waals surface area (Å²) in [7, 11) is -3.06. The summed E-state index contributed by atoms with van der Waals surface area (Å²) in [6.07, 6.45) is 4.52. The Morgan fingerprint density at radius 2 is 1.77 bits per heavy atom. The fraction of sp³-hybridized carbons (Fsp3) is 1.00. The number of hydrogen-bond acceptors (Lipinski definition) is 3. The standard InChI is InChI=1S/C8H16N2O2S/c9-7-5-8(7)10-13(11,12)6-3-1-2-4-6/h6-8,10H,1-5,9H2. The van der Waals surface area contributed by atoms with Crippen LogP contribution in [0.2, 0.25) is 0 Å². The van der Waals surface area contributed by atoms with E-state index in [2.05, 4.69) is 4.72 Å². The van der Waals surface area contributed by atoms with E-state index in [9.17, 15) is 8.42 Å². The first-order valence-electron chi connectivity index (χ1n) is 4.86. The average molecular weight is 204 g/mol. The third kappa shape index (κ3) is 2.03. The van der Waals surface area contributed by atoms with Crippen molar-refractivity contribution >= 4 is 10.0 Å². The van der Waals surface area contributed by atoms with Crippen LogP contribution in [0.1, 0.15) is 32.1 Å². The molecule has 0 aromatic rings. The molecule has 5 heteroatoms. The first kappa shape index (κ1) is 9.43. The van der Waals surface area contributed by atoms with Gasteiger partial charge < -0.3 is 5.73 Å². The van der Waals surface area contributed by atoms with Gasteiger partial charge >= 0.3 is 0 Å². The molecule has 0 bridgehead atoms. The van der Waals surface area contributed by atoms with Crippen molar-refractivity contribution in [3.8, 4) is 0 Å². The normalized spacial score (nSPS) is 35.2. The van der Waals surface area contributed by atoms with Crippen LogP contribution in [0.25, 0.3) is 0 Å². The number of nitrogens with two attached hydrogens (primary N) is 1. The smallest absolute Gasteiger partial charge is 0.214 e. The van der Waals surface area contributed by atoms with Gasteiger partial charge in [-0.25, -0.2) is 13.1 Å². The van der Waals surface area contributed by atoms with Gasteiger partial charge in [-0.15, -0.1) is 0 Å². The summed E-state index contributed by atoms with van der Waals surface area (Å²) in [5.41, 5.74) is 5.55. The molecule has 2 unspecified atom stereocenters. The van der Waals surface area contributed by atoms with Crippen LogP contribution in [-0.4, -0.2) is 25.8 Å². The lowest BCUT2D eigenvalue weighted by atomic mass is 10.4. The molecule has 2 atom stereocenters. The number of rotatable bonds is 3. The Morgan fingerprint density at radius 1 is 1.23 bits per heavy atom. The Morgan fingerprint density at radius 3 is 2.23 bits per heavy atom. The molecule has 13 heavy (non-hydrogen) atoms. The van der Waals surface area contributed by atoms with E-state index >= 15 is 0 Å². The van der Waals surface area contributed by atoms with Gasteiger partial charge in [0.25, 0.3) is 0 Å². The van der Waals surface area contributed by atoms with Gasteiger partial charge in [0.15, 0.2) is 0 Å². The minimum atomic E-state index is -3.06. The molecule has 4 nitrogen and oxygen atoms in total. The molecule has 0 heterocycles. The van der Waals surface area contributed by atoms with Crippen LogP contribution in [0.15, 0.2) is 0 Å². The van der Waals surface area contributed by atoms with Crippen molar-refractivity contribution in [3.63, 3.8) is 0 Å². The first-order valence-corrected chi connectivity index (χ1v) is 6.41. The van der Waals surface area contributed by atoms with Gasteiger partial charge in [0, 0.05) is 12.1 Å². The Bertz CT molecular complexity index is 283. The first-order chi connectivity index (χ1) is 6.09. The fourth-order valence-corrected chi connectivity index (χ4v) is 3.70. The Hall–Kier alpha value is -0.130. The van der Waals surface area contributed by atoms with Crippen molar-refractivity contribution < 1.29 is 8.42 Å². The predicted octanol–water partition coefficient (Wildman–Crippen LogP) is -0.0520. The Kier molecular flexibility index (Phi) is 2.33. The maximum Gasteiger partial charge on any atom is 0.214 e. The molecule has 0 radical (unpaired) electrons. The van der Waals surface area contributed by atoms with E-state index in [1.807, 2.05) is 0 Å². The lowest BCUT2D eigenvalue weighted by Gasteiger charge is -2.11. The quantitative estimate of drug-likeness (QED) is 0.677. The molecular formula is C8H16N2O2S. The van der Waals surface area contributed by atoms with Crippen molar-refractivity contribution in [2.75, 3.05) is 0 Å². The molecule has 0 amide bonds. The summed E-state index contributed by atoms with van der Waals surface area (Å²) >= 11 is 0. The molecule has 2 fully saturated rings. The van der Waals surface area contributed by atoms with Gasteiger partial charge in [-0.3, -0.25) is 0 Å².